The van der Waals surface area contributed by atoms with Crippen molar-refractivity contribution >= 4 is 27.6 Å². The predicted molar refractivity (Wildman–Crippen MR) is 62.0 cm³/mol. The molecule has 1 aliphatic rings. The van der Waals surface area contributed by atoms with Gasteiger partial charge in [-0.05, 0) is 37.1 Å². The lowest BCUT2D eigenvalue weighted by Crippen LogP contribution is -2.10. The van der Waals surface area contributed by atoms with E-state index in [-0.39, 0.29) is 12.0 Å². The van der Waals surface area contributed by atoms with Crippen molar-refractivity contribution in [3.8, 4) is 0 Å². The van der Waals surface area contributed by atoms with Crippen molar-refractivity contribution in [3.05, 3.63) is 28.2 Å². The number of benzene rings is 1. The third kappa shape index (κ3) is 2.31. The van der Waals surface area contributed by atoms with E-state index < -0.39 is 5.97 Å². The molecular weight excluding hydrogens is 258 g/mol. The van der Waals surface area contributed by atoms with Crippen LogP contribution in [0.5, 0.6) is 0 Å². The molecule has 0 heterocycles. The van der Waals surface area contributed by atoms with E-state index in [4.69, 9.17) is 5.11 Å². The van der Waals surface area contributed by atoms with Gasteiger partial charge in [0.1, 0.15) is 0 Å². The first-order valence-electron chi connectivity index (χ1n) is 4.83. The van der Waals surface area contributed by atoms with Crippen LogP contribution in [0.1, 0.15) is 12.0 Å². The summed E-state index contributed by atoms with van der Waals surface area (Å²) in [5, 5.41) is 12.0. The monoisotopic (exact) mass is 269 g/mol. The summed E-state index contributed by atoms with van der Waals surface area (Å²) in [6, 6.07) is 6.03. The molecule has 2 N–H and O–H groups in total. The number of nitrogens with one attached hydrogen (secondary N) is 1. The Morgan fingerprint density at radius 2 is 2.33 bits per heavy atom. The molecule has 4 heteroatoms. The average Bonchev–Trinajstić information content (AvgIpc) is 2.89. The molecule has 0 aromatic heterocycles. The van der Waals surface area contributed by atoms with Crippen molar-refractivity contribution in [3.63, 3.8) is 0 Å². The number of anilines is 1. The Labute approximate surface area is 96.6 Å². The fourth-order valence-electron chi connectivity index (χ4n) is 1.62. The smallest absolute Gasteiger partial charge is 0.308 e. The number of halogens is 1. The Morgan fingerprint density at radius 3 is 2.87 bits per heavy atom. The summed E-state index contributed by atoms with van der Waals surface area (Å²) in [5.41, 5.74) is 2.15. The summed E-state index contributed by atoms with van der Waals surface area (Å²) in [5.74, 6) is -0.921. The van der Waals surface area contributed by atoms with Crippen LogP contribution in [0.15, 0.2) is 22.7 Å². The summed E-state index contributed by atoms with van der Waals surface area (Å²) >= 11 is 3.39. The number of carboxylic acid groups (broad SMARTS) is 1. The van der Waals surface area contributed by atoms with Gasteiger partial charge in [0.2, 0.25) is 0 Å². The number of aliphatic carboxylic acids is 1. The van der Waals surface area contributed by atoms with Crippen LogP contribution in [-0.4, -0.2) is 17.1 Å². The summed E-state index contributed by atoms with van der Waals surface area (Å²) < 4.78 is 1.04. The minimum absolute atomic E-state index is 0.0994. The van der Waals surface area contributed by atoms with Gasteiger partial charge in [0.15, 0.2) is 0 Å². The Bertz CT molecular complexity index is 406. The first kappa shape index (κ1) is 10.5. The van der Waals surface area contributed by atoms with E-state index in [1.807, 2.05) is 25.1 Å². The van der Waals surface area contributed by atoms with E-state index in [2.05, 4.69) is 21.2 Å². The number of hydrogen-bond acceptors (Lipinski definition) is 2. The summed E-state index contributed by atoms with van der Waals surface area (Å²) in [6.45, 7) is 2.01. The summed E-state index contributed by atoms with van der Waals surface area (Å²) in [4.78, 5) is 10.7. The highest BCUT2D eigenvalue weighted by Crippen LogP contribution is 2.34. The van der Waals surface area contributed by atoms with Gasteiger partial charge in [-0.3, -0.25) is 4.79 Å². The van der Waals surface area contributed by atoms with Gasteiger partial charge in [-0.1, -0.05) is 15.9 Å². The van der Waals surface area contributed by atoms with Gasteiger partial charge in [-0.25, -0.2) is 0 Å². The topological polar surface area (TPSA) is 49.3 Å². The fourth-order valence-corrected chi connectivity index (χ4v) is 2.09. The number of rotatable bonds is 3. The van der Waals surface area contributed by atoms with Crippen LogP contribution >= 0.6 is 15.9 Å². The van der Waals surface area contributed by atoms with Crippen molar-refractivity contribution in [1.82, 2.24) is 0 Å². The van der Waals surface area contributed by atoms with Crippen molar-refractivity contribution in [1.29, 1.82) is 0 Å². The lowest BCUT2D eigenvalue weighted by atomic mass is 10.2. The molecule has 1 aliphatic carbocycles. The van der Waals surface area contributed by atoms with Crippen LogP contribution in [-0.2, 0) is 4.79 Å². The van der Waals surface area contributed by atoms with Gasteiger partial charge < -0.3 is 10.4 Å². The first-order chi connectivity index (χ1) is 7.08. The summed E-state index contributed by atoms with van der Waals surface area (Å²) in [7, 11) is 0. The maximum absolute atomic E-state index is 10.7. The second-order valence-corrected chi connectivity index (χ2v) is 4.81. The Balaban J connectivity index is 2.04. The van der Waals surface area contributed by atoms with Crippen LogP contribution in [0.4, 0.5) is 5.69 Å². The van der Waals surface area contributed by atoms with Gasteiger partial charge in [0, 0.05) is 16.2 Å². The fraction of sp³-hybridized carbons (Fsp3) is 0.364. The molecule has 80 valence electrons. The molecule has 1 aromatic carbocycles. The van der Waals surface area contributed by atoms with E-state index >= 15 is 0 Å². The van der Waals surface area contributed by atoms with Crippen molar-refractivity contribution < 1.29 is 9.90 Å². The highest BCUT2D eigenvalue weighted by molar-refractivity contribution is 9.10. The molecule has 1 fully saturated rings. The molecule has 15 heavy (non-hydrogen) atoms. The highest BCUT2D eigenvalue weighted by atomic mass is 79.9. The maximum Gasteiger partial charge on any atom is 0.308 e. The van der Waals surface area contributed by atoms with Crippen LogP contribution < -0.4 is 5.32 Å². The molecule has 0 spiro atoms. The molecule has 0 aliphatic heterocycles. The minimum atomic E-state index is -0.706. The second kappa shape index (κ2) is 3.85. The normalized spacial score (nSPS) is 23.6. The highest BCUT2D eigenvalue weighted by Gasteiger charge is 2.43. The van der Waals surface area contributed by atoms with Crippen LogP contribution in [0.25, 0.3) is 0 Å². The van der Waals surface area contributed by atoms with Crippen molar-refractivity contribution in [2.24, 2.45) is 5.92 Å². The molecule has 2 rings (SSSR count). The number of carboxylic acids is 1. The molecule has 2 atom stereocenters. The average molecular weight is 270 g/mol. The molecular formula is C11H12BrNO2. The lowest BCUT2D eigenvalue weighted by Gasteiger charge is -2.08. The Morgan fingerprint density at radius 1 is 1.60 bits per heavy atom. The Kier molecular flexibility index (Phi) is 2.69. The number of carbonyl (C=O) groups is 1. The van der Waals surface area contributed by atoms with E-state index in [1.165, 1.54) is 0 Å². The zero-order valence-electron chi connectivity index (χ0n) is 8.33. The van der Waals surface area contributed by atoms with E-state index in [0.717, 1.165) is 22.1 Å². The van der Waals surface area contributed by atoms with Crippen LogP contribution in [0, 0.1) is 12.8 Å². The zero-order valence-corrected chi connectivity index (χ0v) is 9.91. The summed E-state index contributed by atoms with van der Waals surface area (Å²) in [6.07, 6.45) is 0.727. The SMILES string of the molecule is Cc1cc(Br)ccc1NC1CC1C(=O)O. The van der Waals surface area contributed by atoms with Gasteiger partial charge in [-0.15, -0.1) is 0 Å². The largest absolute Gasteiger partial charge is 0.481 e. The van der Waals surface area contributed by atoms with Crippen molar-refractivity contribution in [2.45, 2.75) is 19.4 Å². The molecule has 2 unspecified atom stereocenters. The van der Waals surface area contributed by atoms with E-state index in [1.54, 1.807) is 0 Å². The molecule has 0 saturated heterocycles. The number of hydrogen-bond donors (Lipinski definition) is 2. The molecule has 0 radical (unpaired) electrons. The van der Waals surface area contributed by atoms with Crippen LogP contribution in [0.2, 0.25) is 0 Å². The van der Waals surface area contributed by atoms with Crippen LogP contribution in [0.3, 0.4) is 0 Å². The van der Waals surface area contributed by atoms with E-state index in [9.17, 15) is 4.79 Å². The van der Waals surface area contributed by atoms with Gasteiger partial charge in [0.05, 0.1) is 5.92 Å². The molecule has 0 amide bonds. The third-order valence-corrected chi connectivity index (χ3v) is 3.13. The van der Waals surface area contributed by atoms with Gasteiger partial charge >= 0.3 is 5.97 Å². The molecule has 1 saturated carbocycles. The maximum atomic E-state index is 10.7. The van der Waals surface area contributed by atoms with Crippen molar-refractivity contribution in [2.75, 3.05) is 5.32 Å². The quantitative estimate of drug-likeness (QED) is 0.887. The van der Waals surface area contributed by atoms with E-state index in [0.29, 0.717) is 0 Å². The predicted octanol–water partition coefficient (Wildman–Crippen LogP) is 2.64. The first-order valence-corrected chi connectivity index (χ1v) is 5.62. The third-order valence-electron chi connectivity index (χ3n) is 2.64. The Hall–Kier alpha value is -1.03. The van der Waals surface area contributed by atoms with Gasteiger partial charge in [-0.2, -0.15) is 0 Å². The molecule has 0 bridgehead atoms. The number of aryl methyl sites for hydroxylation is 1. The molecule has 1 aromatic rings. The lowest BCUT2D eigenvalue weighted by molar-refractivity contribution is -0.138. The minimum Gasteiger partial charge on any atom is -0.481 e. The molecule has 3 nitrogen and oxygen atoms in total. The zero-order chi connectivity index (χ0) is 11.0. The second-order valence-electron chi connectivity index (χ2n) is 3.89. The van der Waals surface area contributed by atoms with Gasteiger partial charge in [0.25, 0.3) is 0 Å². The standard InChI is InChI=1S/C11H12BrNO2/c1-6-4-7(12)2-3-9(6)13-10-5-8(10)11(14)15/h2-4,8,10,13H,5H2,1H3,(H,14,15).